The third-order valence-corrected chi connectivity index (χ3v) is 4.57. The van der Waals surface area contributed by atoms with Crippen LogP contribution in [0.3, 0.4) is 0 Å². The van der Waals surface area contributed by atoms with E-state index in [1.165, 1.54) is 41.5 Å². The van der Waals surface area contributed by atoms with Gasteiger partial charge in [0.2, 0.25) is 5.91 Å². The minimum atomic E-state index is -0.522. The molecule has 0 saturated carbocycles. The van der Waals surface area contributed by atoms with Crippen LogP contribution in [0.25, 0.3) is 0 Å². The summed E-state index contributed by atoms with van der Waals surface area (Å²) in [7, 11) is 0. The van der Waals surface area contributed by atoms with Crippen molar-refractivity contribution in [2.24, 2.45) is 5.10 Å². The summed E-state index contributed by atoms with van der Waals surface area (Å²) in [4.78, 5) is 29.3. The third kappa shape index (κ3) is 5.45. The smallest absolute Gasteiger partial charge is 0.259 e. The van der Waals surface area contributed by atoms with E-state index in [-0.39, 0.29) is 24.0 Å². The van der Waals surface area contributed by atoms with Gasteiger partial charge >= 0.3 is 0 Å². The van der Waals surface area contributed by atoms with E-state index in [4.69, 9.17) is 0 Å². The molecule has 0 aliphatic rings. The fourth-order valence-corrected chi connectivity index (χ4v) is 3.26. The molecule has 1 aromatic heterocycles. The van der Waals surface area contributed by atoms with Crippen molar-refractivity contribution in [3.63, 3.8) is 0 Å². The molecule has 29 heavy (non-hydrogen) atoms. The summed E-state index contributed by atoms with van der Waals surface area (Å²) in [5, 5.41) is 8.80. The van der Waals surface area contributed by atoms with E-state index < -0.39 is 5.82 Å². The number of hydrogen-bond donors (Lipinski definition) is 2. The minimum absolute atomic E-state index is 0.0646. The number of nitrogens with one attached hydrogen (secondary N) is 2. The minimum Gasteiger partial charge on any atom is -0.376 e. The number of carbonyl (C=O) groups is 2. The summed E-state index contributed by atoms with van der Waals surface area (Å²) >= 11 is 1.17. The van der Waals surface area contributed by atoms with E-state index in [9.17, 15) is 14.0 Å². The van der Waals surface area contributed by atoms with E-state index in [1.54, 1.807) is 17.5 Å². The average molecular weight is 411 g/mol. The van der Waals surface area contributed by atoms with Crippen molar-refractivity contribution in [3.8, 4) is 0 Å². The standard InChI is InChI=1S/C20H18FN5O2S/c1-14(27)26(18-10-6-5-9-17(18)21)20-24-16(13-29-20)11-23-25-19(28)12-22-15-7-3-2-4-8-15/h2-11,13,22H,12H2,1H3,(H,25,28)/b23-11-. The summed E-state index contributed by atoms with van der Waals surface area (Å²) < 4.78 is 14.1. The largest absolute Gasteiger partial charge is 0.376 e. The maximum Gasteiger partial charge on any atom is 0.259 e. The highest BCUT2D eigenvalue weighted by Crippen LogP contribution is 2.30. The van der Waals surface area contributed by atoms with Crippen molar-refractivity contribution >= 4 is 45.9 Å². The molecule has 0 aliphatic heterocycles. The van der Waals surface area contributed by atoms with Gasteiger partial charge in [-0.05, 0) is 24.3 Å². The summed E-state index contributed by atoms with van der Waals surface area (Å²) in [5.74, 6) is -1.21. The van der Waals surface area contributed by atoms with Crippen LogP contribution in [0.15, 0.2) is 65.1 Å². The van der Waals surface area contributed by atoms with Crippen molar-refractivity contribution in [1.29, 1.82) is 0 Å². The van der Waals surface area contributed by atoms with Gasteiger partial charge in [-0.25, -0.2) is 14.8 Å². The van der Waals surface area contributed by atoms with Gasteiger partial charge in [-0.15, -0.1) is 11.3 Å². The second-order valence-corrected chi connectivity index (χ2v) is 6.71. The highest BCUT2D eigenvalue weighted by Gasteiger charge is 2.20. The van der Waals surface area contributed by atoms with Gasteiger partial charge in [0, 0.05) is 18.0 Å². The maximum atomic E-state index is 14.1. The van der Waals surface area contributed by atoms with E-state index in [0.29, 0.717) is 10.8 Å². The van der Waals surface area contributed by atoms with E-state index in [0.717, 1.165) is 5.69 Å². The van der Waals surface area contributed by atoms with Gasteiger partial charge in [0.1, 0.15) is 5.82 Å². The van der Waals surface area contributed by atoms with Crippen LogP contribution < -0.4 is 15.6 Å². The number of rotatable bonds is 7. The van der Waals surface area contributed by atoms with Gasteiger partial charge in [-0.1, -0.05) is 30.3 Å². The number of benzene rings is 2. The van der Waals surface area contributed by atoms with Crippen molar-refractivity contribution in [3.05, 3.63) is 71.5 Å². The van der Waals surface area contributed by atoms with Crippen LogP contribution in [-0.2, 0) is 9.59 Å². The number of halogens is 1. The van der Waals surface area contributed by atoms with E-state index >= 15 is 0 Å². The number of aromatic nitrogens is 1. The summed E-state index contributed by atoms with van der Waals surface area (Å²) in [6.45, 7) is 1.40. The third-order valence-electron chi connectivity index (χ3n) is 3.72. The molecule has 0 spiro atoms. The molecule has 1 heterocycles. The number of thiazole rings is 1. The fraction of sp³-hybridized carbons (Fsp3) is 0.100. The predicted octanol–water partition coefficient (Wildman–Crippen LogP) is 3.53. The molecule has 7 nitrogen and oxygen atoms in total. The second-order valence-electron chi connectivity index (χ2n) is 5.87. The molecular formula is C20H18FN5O2S. The Balaban J connectivity index is 1.61. The lowest BCUT2D eigenvalue weighted by molar-refractivity contribution is -0.119. The molecule has 3 aromatic rings. The molecule has 148 valence electrons. The zero-order chi connectivity index (χ0) is 20.6. The Morgan fingerprint density at radius 2 is 1.90 bits per heavy atom. The number of anilines is 3. The monoisotopic (exact) mass is 411 g/mol. The molecule has 0 fully saturated rings. The number of carbonyl (C=O) groups excluding carboxylic acids is 2. The lowest BCUT2D eigenvalue weighted by Gasteiger charge is -2.18. The van der Waals surface area contributed by atoms with Crippen LogP contribution in [0, 0.1) is 5.82 Å². The SMILES string of the molecule is CC(=O)N(c1nc(/C=N\NC(=O)CNc2ccccc2)cs1)c1ccccc1F. The van der Waals surface area contributed by atoms with Crippen LogP contribution in [-0.4, -0.2) is 29.6 Å². The number of hydrazone groups is 1. The van der Waals surface area contributed by atoms with Gasteiger partial charge in [0.05, 0.1) is 24.1 Å². The molecule has 2 N–H and O–H groups in total. The Labute approximate surface area is 170 Å². The fourth-order valence-electron chi connectivity index (χ4n) is 2.43. The van der Waals surface area contributed by atoms with Gasteiger partial charge < -0.3 is 5.32 Å². The van der Waals surface area contributed by atoms with Crippen LogP contribution in [0.1, 0.15) is 12.6 Å². The molecule has 0 bridgehead atoms. The van der Waals surface area contributed by atoms with Crippen LogP contribution in [0.4, 0.5) is 20.9 Å². The second kappa shape index (κ2) is 9.56. The highest BCUT2D eigenvalue weighted by molar-refractivity contribution is 7.14. The van der Waals surface area contributed by atoms with Crippen LogP contribution >= 0.6 is 11.3 Å². The summed E-state index contributed by atoms with van der Waals surface area (Å²) in [5.41, 5.74) is 3.78. The van der Waals surface area contributed by atoms with Crippen molar-refractivity contribution in [2.75, 3.05) is 16.8 Å². The highest BCUT2D eigenvalue weighted by atomic mass is 32.1. The zero-order valence-electron chi connectivity index (χ0n) is 15.5. The first-order chi connectivity index (χ1) is 14.0. The topological polar surface area (TPSA) is 86.7 Å². The molecule has 2 aromatic carbocycles. The molecule has 0 unspecified atom stereocenters. The lowest BCUT2D eigenvalue weighted by Crippen LogP contribution is -2.25. The Morgan fingerprint density at radius 1 is 1.17 bits per heavy atom. The Kier molecular flexibility index (Phi) is 6.64. The molecule has 9 heteroatoms. The molecule has 2 amide bonds. The number of para-hydroxylation sites is 2. The first-order valence-corrected chi connectivity index (χ1v) is 9.54. The first-order valence-electron chi connectivity index (χ1n) is 8.66. The lowest BCUT2D eigenvalue weighted by atomic mass is 10.3. The Morgan fingerprint density at radius 3 is 2.62 bits per heavy atom. The maximum absolute atomic E-state index is 14.1. The molecule has 0 radical (unpaired) electrons. The van der Waals surface area contributed by atoms with E-state index in [1.807, 2.05) is 30.3 Å². The molecule has 0 atom stereocenters. The van der Waals surface area contributed by atoms with Crippen LogP contribution in [0.2, 0.25) is 0 Å². The van der Waals surface area contributed by atoms with Gasteiger partial charge in [-0.3, -0.25) is 14.5 Å². The predicted molar refractivity (Wildman–Crippen MR) is 112 cm³/mol. The van der Waals surface area contributed by atoms with Crippen molar-refractivity contribution < 1.29 is 14.0 Å². The normalized spacial score (nSPS) is 10.7. The molecule has 0 saturated heterocycles. The summed E-state index contributed by atoms with van der Waals surface area (Å²) in [6, 6.07) is 15.3. The number of amides is 2. The first kappa shape index (κ1) is 20.2. The molecule has 0 aliphatic carbocycles. The molecule has 3 rings (SSSR count). The van der Waals surface area contributed by atoms with Crippen molar-refractivity contribution in [2.45, 2.75) is 6.92 Å². The van der Waals surface area contributed by atoms with Gasteiger partial charge in [-0.2, -0.15) is 5.10 Å². The molecular weight excluding hydrogens is 393 g/mol. The van der Waals surface area contributed by atoms with Crippen LogP contribution in [0.5, 0.6) is 0 Å². The number of nitrogens with zero attached hydrogens (tertiary/aromatic N) is 3. The number of hydrogen-bond acceptors (Lipinski definition) is 6. The van der Waals surface area contributed by atoms with Gasteiger partial charge in [0.15, 0.2) is 5.13 Å². The Hall–Kier alpha value is -3.59. The van der Waals surface area contributed by atoms with Crippen molar-refractivity contribution in [1.82, 2.24) is 10.4 Å². The average Bonchev–Trinajstić information content (AvgIpc) is 3.17. The van der Waals surface area contributed by atoms with E-state index in [2.05, 4.69) is 20.8 Å². The zero-order valence-corrected chi connectivity index (χ0v) is 16.3. The summed E-state index contributed by atoms with van der Waals surface area (Å²) in [6.07, 6.45) is 1.36. The Bertz CT molecular complexity index is 1020. The quantitative estimate of drug-likeness (QED) is 0.460. The van der Waals surface area contributed by atoms with Gasteiger partial charge in [0.25, 0.3) is 5.91 Å².